The summed E-state index contributed by atoms with van der Waals surface area (Å²) in [6.07, 6.45) is 1.40. The van der Waals surface area contributed by atoms with Gasteiger partial charge in [-0.3, -0.25) is 4.79 Å². The first-order chi connectivity index (χ1) is 10.0. The molecule has 2 unspecified atom stereocenters. The van der Waals surface area contributed by atoms with E-state index in [1.807, 2.05) is 37.3 Å². The van der Waals surface area contributed by atoms with Gasteiger partial charge in [-0.15, -0.1) is 0 Å². The third kappa shape index (κ3) is 6.40. The van der Waals surface area contributed by atoms with Gasteiger partial charge in [0.2, 0.25) is 5.91 Å². The number of hydrogen-bond acceptors (Lipinski definition) is 3. The highest BCUT2D eigenvalue weighted by molar-refractivity contribution is 5.86. The average molecular weight is 293 g/mol. The molecule has 0 radical (unpaired) electrons. The highest BCUT2D eigenvalue weighted by Crippen LogP contribution is 2.05. The largest absolute Gasteiger partial charge is 0.480 e. The fraction of sp³-hybridized carbons (Fsp3) is 0.500. The molecular weight excluding hydrogens is 270 g/mol. The van der Waals surface area contributed by atoms with Crippen LogP contribution in [0.4, 0.5) is 0 Å². The maximum Gasteiger partial charge on any atom is 0.326 e. The van der Waals surface area contributed by atoms with E-state index in [0.29, 0.717) is 13.0 Å². The lowest BCUT2D eigenvalue weighted by Gasteiger charge is -2.18. The van der Waals surface area contributed by atoms with Crippen LogP contribution in [0.2, 0.25) is 0 Å². The van der Waals surface area contributed by atoms with Gasteiger partial charge in [0.15, 0.2) is 0 Å². The Morgan fingerprint density at radius 2 is 1.95 bits per heavy atom. The molecule has 5 nitrogen and oxygen atoms in total. The molecule has 0 aliphatic rings. The molecule has 0 saturated heterocycles. The van der Waals surface area contributed by atoms with E-state index in [1.54, 1.807) is 6.92 Å². The predicted molar refractivity (Wildman–Crippen MR) is 79.8 cm³/mol. The Bertz CT molecular complexity index is 447. The number of aliphatic carboxylic acids is 1. The number of carbonyl (C=O) groups is 2. The molecule has 0 bridgehead atoms. The molecule has 2 atom stereocenters. The van der Waals surface area contributed by atoms with E-state index < -0.39 is 24.0 Å². The van der Waals surface area contributed by atoms with Gasteiger partial charge in [-0.25, -0.2) is 4.79 Å². The number of benzene rings is 1. The number of unbranched alkanes of at least 4 members (excludes halogenated alkanes) is 1. The van der Waals surface area contributed by atoms with Crippen LogP contribution in [-0.2, 0) is 20.9 Å². The molecule has 0 aromatic heterocycles. The summed E-state index contributed by atoms with van der Waals surface area (Å²) >= 11 is 0. The van der Waals surface area contributed by atoms with Gasteiger partial charge in [0.25, 0.3) is 0 Å². The number of nitrogens with one attached hydrogen (secondary N) is 1. The van der Waals surface area contributed by atoms with Gasteiger partial charge in [0.05, 0.1) is 6.61 Å². The SMILES string of the molecule is CCCCC(NC(=O)C(C)OCc1ccccc1)C(=O)O. The minimum absolute atomic E-state index is 0.322. The van der Waals surface area contributed by atoms with Crippen molar-refractivity contribution in [3.63, 3.8) is 0 Å². The molecule has 0 heterocycles. The van der Waals surface area contributed by atoms with Crippen molar-refractivity contribution in [1.82, 2.24) is 5.32 Å². The minimum Gasteiger partial charge on any atom is -0.480 e. The van der Waals surface area contributed by atoms with E-state index in [1.165, 1.54) is 0 Å². The van der Waals surface area contributed by atoms with Crippen LogP contribution < -0.4 is 5.32 Å². The van der Waals surface area contributed by atoms with Gasteiger partial charge in [0.1, 0.15) is 12.1 Å². The van der Waals surface area contributed by atoms with Crippen molar-refractivity contribution in [2.24, 2.45) is 0 Å². The summed E-state index contributed by atoms with van der Waals surface area (Å²) in [5, 5.41) is 11.6. The number of hydrogen-bond donors (Lipinski definition) is 2. The summed E-state index contributed by atoms with van der Waals surface area (Å²) in [6.45, 7) is 3.92. The summed E-state index contributed by atoms with van der Waals surface area (Å²) in [5.41, 5.74) is 0.970. The molecule has 1 rings (SSSR count). The second-order valence-electron chi connectivity index (χ2n) is 4.98. The van der Waals surface area contributed by atoms with Crippen molar-refractivity contribution in [3.05, 3.63) is 35.9 Å². The summed E-state index contributed by atoms with van der Waals surface area (Å²) in [4.78, 5) is 23.0. The molecule has 5 heteroatoms. The number of carboxylic acids is 1. The number of amides is 1. The minimum atomic E-state index is -1.01. The smallest absolute Gasteiger partial charge is 0.326 e. The van der Waals surface area contributed by atoms with Crippen LogP contribution in [0.15, 0.2) is 30.3 Å². The van der Waals surface area contributed by atoms with E-state index in [2.05, 4.69) is 5.32 Å². The van der Waals surface area contributed by atoms with Crippen LogP contribution in [0.25, 0.3) is 0 Å². The van der Waals surface area contributed by atoms with Crippen LogP contribution in [0.1, 0.15) is 38.7 Å². The van der Waals surface area contributed by atoms with Gasteiger partial charge in [0, 0.05) is 0 Å². The van der Waals surface area contributed by atoms with Gasteiger partial charge >= 0.3 is 5.97 Å². The molecule has 116 valence electrons. The number of rotatable bonds is 9. The molecule has 1 aromatic carbocycles. The highest BCUT2D eigenvalue weighted by atomic mass is 16.5. The summed E-state index contributed by atoms with van der Waals surface area (Å²) in [5.74, 6) is -1.40. The second-order valence-corrected chi connectivity index (χ2v) is 4.98. The zero-order valence-corrected chi connectivity index (χ0v) is 12.5. The molecule has 1 amide bonds. The monoisotopic (exact) mass is 293 g/mol. The molecule has 0 aliphatic carbocycles. The predicted octanol–water partition coefficient (Wildman–Crippen LogP) is 2.35. The van der Waals surface area contributed by atoms with Crippen molar-refractivity contribution in [1.29, 1.82) is 0 Å². The third-order valence-electron chi connectivity index (χ3n) is 3.17. The summed E-state index contributed by atoms with van der Waals surface area (Å²) < 4.78 is 5.47. The van der Waals surface area contributed by atoms with E-state index in [0.717, 1.165) is 18.4 Å². The highest BCUT2D eigenvalue weighted by Gasteiger charge is 2.22. The molecule has 0 spiro atoms. The van der Waals surface area contributed by atoms with Gasteiger partial charge in [-0.1, -0.05) is 50.1 Å². The third-order valence-corrected chi connectivity index (χ3v) is 3.17. The molecular formula is C16H23NO4. The van der Waals surface area contributed by atoms with Crippen molar-refractivity contribution in [3.8, 4) is 0 Å². The molecule has 21 heavy (non-hydrogen) atoms. The molecule has 1 aromatic rings. The number of carbonyl (C=O) groups excluding carboxylic acids is 1. The maximum atomic E-state index is 11.9. The lowest BCUT2D eigenvalue weighted by Crippen LogP contribution is -2.45. The number of ether oxygens (including phenoxy) is 1. The first kappa shape index (κ1) is 17.2. The van der Waals surface area contributed by atoms with Crippen LogP contribution in [0.3, 0.4) is 0 Å². The van der Waals surface area contributed by atoms with Crippen LogP contribution >= 0.6 is 0 Å². The van der Waals surface area contributed by atoms with Crippen molar-refractivity contribution >= 4 is 11.9 Å². The average Bonchev–Trinajstić information content (AvgIpc) is 2.49. The molecule has 2 N–H and O–H groups in total. The molecule has 0 aliphatic heterocycles. The van der Waals surface area contributed by atoms with E-state index in [-0.39, 0.29) is 0 Å². The Hall–Kier alpha value is -1.88. The van der Waals surface area contributed by atoms with E-state index in [4.69, 9.17) is 9.84 Å². The summed E-state index contributed by atoms with van der Waals surface area (Å²) in [7, 11) is 0. The van der Waals surface area contributed by atoms with Crippen molar-refractivity contribution in [2.75, 3.05) is 0 Å². The Labute approximate surface area is 125 Å². The normalized spacial score (nSPS) is 13.4. The Kier molecular flexibility index (Phi) is 7.46. The maximum absolute atomic E-state index is 11.9. The van der Waals surface area contributed by atoms with Gasteiger partial charge in [-0.05, 0) is 18.9 Å². The lowest BCUT2D eigenvalue weighted by atomic mass is 10.1. The fourth-order valence-electron chi connectivity index (χ4n) is 1.83. The number of carboxylic acid groups (broad SMARTS) is 1. The standard InChI is InChI=1S/C16H23NO4/c1-3-4-10-14(16(19)20)17-15(18)12(2)21-11-13-8-6-5-7-9-13/h5-9,12,14H,3-4,10-11H2,1-2H3,(H,17,18)(H,19,20). The van der Waals surface area contributed by atoms with Crippen LogP contribution in [-0.4, -0.2) is 29.1 Å². The topological polar surface area (TPSA) is 75.6 Å². The molecule has 0 fully saturated rings. The Balaban J connectivity index is 2.43. The van der Waals surface area contributed by atoms with Crippen molar-refractivity contribution in [2.45, 2.75) is 51.9 Å². The van der Waals surface area contributed by atoms with Crippen LogP contribution in [0, 0.1) is 0 Å². The lowest BCUT2D eigenvalue weighted by molar-refractivity contribution is -0.144. The van der Waals surface area contributed by atoms with Crippen molar-refractivity contribution < 1.29 is 19.4 Å². The first-order valence-electron chi connectivity index (χ1n) is 7.23. The van der Waals surface area contributed by atoms with E-state index in [9.17, 15) is 9.59 Å². The zero-order chi connectivity index (χ0) is 15.7. The zero-order valence-electron chi connectivity index (χ0n) is 12.5. The summed E-state index contributed by atoms with van der Waals surface area (Å²) in [6, 6.07) is 8.67. The Morgan fingerprint density at radius 1 is 1.29 bits per heavy atom. The Morgan fingerprint density at radius 3 is 2.52 bits per heavy atom. The fourth-order valence-corrected chi connectivity index (χ4v) is 1.83. The molecule has 0 saturated carbocycles. The van der Waals surface area contributed by atoms with Gasteiger partial charge < -0.3 is 15.2 Å². The van der Waals surface area contributed by atoms with Crippen LogP contribution in [0.5, 0.6) is 0 Å². The second kappa shape index (κ2) is 9.13. The quantitative estimate of drug-likeness (QED) is 0.733. The van der Waals surface area contributed by atoms with Gasteiger partial charge in [-0.2, -0.15) is 0 Å². The van der Waals surface area contributed by atoms with E-state index >= 15 is 0 Å². The first-order valence-corrected chi connectivity index (χ1v) is 7.23.